The first kappa shape index (κ1) is 32.7. The van der Waals surface area contributed by atoms with E-state index in [1.54, 1.807) is 0 Å². The zero-order valence-corrected chi connectivity index (χ0v) is 32.8. The Balaban J connectivity index is 1.09. The molecule has 0 atom stereocenters. The molecule has 1 aliphatic rings. The Hall–Kier alpha value is -8.28. The maximum absolute atomic E-state index is 5.65. The van der Waals surface area contributed by atoms with Gasteiger partial charge in [0.1, 0.15) is 0 Å². The van der Waals surface area contributed by atoms with Crippen LogP contribution in [0, 0.1) is 0 Å². The van der Waals surface area contributed by atoms with Crippen LogP contribution < -0.4 is 0 Å². The second kappa shape index (κ2) is 12.1. The molecule has 0 radical (unpaired) electrons. The van der Waals surface area contributed by atoms with Gasteiger partial charge in [0, 0.05) is 60.1 Å². The number of aromatic nitrogens is 5. The number of hydrogen-bond donors (Lipinski definition) is 0. The Kier molecular flexibility index (Phi) is 6.49. The maximum Gasteiger partial charge on any atom is 0.235 e. The van der Waals surface area contributed by atoms with Gasteiger partial charge in [-0.2, -0.15) is 0 Å². The van der Waals surface area contributed by atoms with Crippen LogP contribution in [0.4, 0.5) is 0 Å². The molecule has 0 saturated heterocycles. The summed E-state index contributed by atoms with van der Waals surface area (Å²) < 4.78 is 7.15. The third kappa shape index (κ3) is 4.39. The van der Waals surface area contributed by atoms with E-state index in [0.29, 0.717) is 5.95 Å². The van der Waals surface area contributed by atoms with Crippen LogP contribution in [0.3, 0.4) is 0 Å². The van der Waals surface area contributed by atoms with Gasteiger partial charge in [0.2, 0.25) is 5.95 Å². The molecule has 14 rings (SSSR count). The molecular weight excluding hydrogens is 743 g/mol. The summed E-state index contributed by atoms with van der Waals surface area (Å²) in [6, 6.07) is 72.3. The van der Waals surface area contributed by atoms with Crippen molar-refractivity contribution in [2.75, 3.05) is 0 Å². The van der Waals surface area contributed by atoms with Gasteiger partial charge in [-0.1, -0.05) is 146 Å². The molecule has 0 amide bonds. The molecule has 0 unspecified atom stereocenters. The van der Waals surface area contributed by atoms with Crippen LogP contribution in [-0.4, -0.2) is 23.7 Å². The molecule has 5 heteroatoms. The highest BCUT2D eigenvalue weighted by molar-refractivity contribution is 6.22. The fraction of sp³-hybridized carbons (Fsp3) is 0. The average molecular weight is 776 g/mol. The molecule has 5 heterocycles. The predicted molar refractivity (Wildman–Crippen MR) is 252 cm³/mol. The molecule has 0 fully saturated rings. The van der Waals surface area contributed by atoms with E-state index in [2.05, 4.69) is 214 Å². The highest BCUT2D eigenvalue weighted by Gasteiger charge is 2.26. The van der Waals surface area contributed by atoms with Crippen molar-refractivity contribution in [2.45, 2.75) is 0 Å². The molecule has 5 nitrogen and oxygen atoms in total. The summed E-state index contributed by atoms with van der Waals surface area (Å²) in [5, 5.41) is 8.12. The quantitative estimate of drug-likeness (QED) is 0.179. The van der Waals surface area contributed by atoms with Gasteiger partial charge in [-0.3, -0.25) is 4.57 Å². The number of benzene rings is 9. The maximum atomic E-state index is 5.65. The van der Waals surface area contributed by atoms with Crippen LogP contribution >= 0.6 is 0 Å². The largest absolute Gasteiger partial charge is 0.309 e. The Labute approximate surface area is 349 Å². The Morgan fingerprint density at radius 2 is 0.869 bits per heavy atom. The first-order valence-corrected chi connectivity index (χ1v) is 20.8. The van der Waals surface area contributed by atoms with Gasteiger partial charge < -0.3 is 9.13 Å². The summed E-state index contributed by atoms with van der Waals surface area (Å²) >= 11 is 0. The molecule has 0 saturated carbocycles. The molecular formula is C56H33N5. The van der Waals surface area contributed by atoms with Gasteiger partial charge >= 0.3 is 0 Å². The first-order chi connectivity index (χ1) is 30.3. The first-order valence-electron chi connectivity index (χ1n) is 20.8. The zero-order valence-electron chi connectivity index (χ0n) is 32.8. The lowest BCUT2D eigenvalue weighted by Gasteiger charge is -2.13. The number of fused-ring (bicyclic) bond motifs is 15. The van der Waals surface area contributed by atoms with Crippen molar-refractivity contribution in [3.63, 3.8) is 0 Å². The third-order valence-electron chi connectivity index (χ3n) is 13.0. The van der Waals surface area contributed by atoms with E-state index in [4.69, 9.17) is 9.97 Å². The summed E-state index contributed by atoms with van der Waals surface area (Å²) in [4.78, 5) is 11.0. The summed E-state index contributed by atoms with van der Waals surface area (Å²) in [5.74, 6) is 0.646. The van der Waals surface area contributed by atoms with Gasteiger partial charge in [-0.05, 0) is 65.7 Å². The summed E-state index contributed by atoms with van der Waals surface area (Å²) in [5.41, 5.74) is 17.0. The van der Waals surface area contributed by atoms with Crippen LogP contribution in [-0.2, 0) is 0 Å². The monoisotopic (exact) mass is 775 g/mol. The predicted octanol–water partition coefficient (Wildman–Crippen LogP) is 14.2. The highest BCUT2D eigenvalue weighted by atomic mass is 15.2. The lowest BCUT2D eigenvalue weighted by atomic mass is 9.94. The van der Waals surface area contributed by atoms with E-state index in [0.717, 1.165) is 60.7 Å². The third-order valence-corrected chi connectivity index (χ3v) is 13.0. The Morgan fingerprint density at radius 3 is 1.70 bits per heavy atom. The van der Waals surface area contributed by atoms with E-state index in [-0.39, 0.29) is 0 Å². The molecule has 0 aliphatic carbocycles. The number of nitrogens with zero attached hydrogens (tertiary/aromatic N) is 5. The minimum absolute atomic E-state index is 0.646. The van der Waals surface area contributed by atoms with E-state index in [1.165, 1.54) is 60.5 Å². The summed E-state index contributed by atoms with van der Waals surface area (Å²) in [6.45, 7) is 0. The summed E-state index contributed by atoms with van der Waals surface area (Å²) in [6.07, 6.45) is 0. The van der Waals surface area contributed by atoms with Crippen molar-refractivity contribution in [2.24, 2.45) is 0 Å². The second-order valence-electron chi connectivity index (χ2n) is 16.1. The van der Waals surface area contributed by atoms with Crippen LogP contribution in [0.25, 0.3) is 127 Å². The van der Waals surface area contributed by atoms with Gasteiger partial charge in [0.05, 0.1) is 50.0 Å². The van der Waals surface area contributed by atoms with Gasteiger partial charge in [-0.25, -0.2) is 9.97 Å². The van der Waals surface area contributed by atoms with Crippen molar-refractivity contribution in [1.29, 1.82) is 0 Å². The molecule has 282 valence electrons. The molecule has 1 aliphatic heterocycles. The van der Waals surface area contributed by atoms with E-state index >= 15 is 0 Å². The number of hydrogen-bond acceptors (Lipinski definition) is 2. The van der Waals surface area contributed by atoms with Gasteiger partial charge in [0.15, 0.2) is 0 Å². The standard InChI is InChI=1S/C56H33N5/c1-2-16-34(17-3-1)59-49-30-13-9-23-42(49)53-43(26-15-31-50(53)59)54-41-22-6-10-27-46(41)57-56(58-54)61-48-29-12-8-21-38(48)44-32-51-45(33-52(44)61)40-25-14-24-39-36-19-5-4-18-35(36)37-20-7-11-28-47(37)60(51)55(39)40/h1-33H. The lowest BCUT2D eigenvalue weighted by molar-refractivity contribution is 1.01. The van der Waals surface area contributed by atoms with Crippen molar-refractivity contribution in [1.82, 2.24) is 23.7 Å². The van der Waals surface area contributed by atoms with Crippen LogP contribution in [0.15, 0.2) is 200 Å². The molecule has 9 aromatic carbocycles. The van der Waals surface area contributed by atoms with E-state index in [1.807, 2.05) is 0 Å². The molecule has 0 spiro atoms. The van der Waals surface area contributed by atoms with Crippen molar-refractivity contribution < 1.29 is 0 Å². The van der Waals surface area contributed by atoms with Crippen molar-refractivity contribution >= 4 is 76.3 Å². The van der Waals surface area contributed by atoms with E-state index < -0.39 is 0 Å². The lowest BCUT2D eigenvalue weighted by Crippen LogP contribution is -2.03. The minimum Gasteiger partial charge on any atom is -0.309 e. The topological polar surface area (TPSA) is 40.6 Å². The second-order valence-corrected chi connectivity index (χ2v) is 16.1. The van der Waals surface area contributed by atoms with Crippen molar-refractivity contribution in [3.8, 4) is 50.8 Å². The summed E-state index contributed by atoms with van der Waals surface area (Å²) in [7, 11) is 0. The fourth-order valence-electron chi connectivity index (χ4n) is 10.5. The molecule has 0 bridgehead atoms. The number of rotatable bonds is 3. The SMILES string of the molecule is c1ccc(-n2c3ccccc3c3c(-c4nc(-n5c6ccccc6c6cc7c(cc65)c5cccc6c5n7-c5ccccc5-c5ccccc5-6)nc5ccccc45)cccc32)cc1. The van der Waals surface area contributed by atoms with E-state index in [9.17, 15) is 0 Å². The molecule has 61 heavy (non-hydrogen) atoms. The van der Waals surface area contributed by atoms with Crippen LogP contribution in [0.1, 0.15) is 0 Å². The fourth-order valence-corrected chi connectivity index (χ4v) is 10.5. The average Bonchev–Trinajstić information content (AvgIpc) is 3.93. The van der Waals surface area contributed by atoms with Gasteiger partial charge in [-0.15, -0.1) is 0 Å². The minimum atomic E-state index is 0.646. The molecule has 13 aromatic rings. The normalized spacial score (nSPS) is 12.3. The van der Waals surface area contributed by atoms with Crippen molar-refractivity contribution in [3.05, 3.63) is 200 Å². The van der Waals surface area contributed by atoms with Crippen LogP contribution in [0.5, 0.6) is 0 Å². The smallest absolute Gasteiger partial charge is 0.235 e. The van der Waals surface area contributed by atoms with Crippen LogP contribution in [0.2, 0.25) is 0 Å². The molecule has 0 N–H and O–H groups in total. The number of para-hydroxylation sites is 6. The Bertz CT molecular complexity index is 4000. The van der Waals surface area contributed by atoms with Gasteiger partial charge in [0.25, 0.3) is 0 Å². The Morgan fingerprint density at radius 1 is 0.311 bits per heavy atom. The molecule has 4 aromatic heterocycles. The zero-order chi connectivity index (χ0) is 39.8. The highest BCUT2D eigenvalue weighted by Crippen LogP contribution is 2.48.